The van der Waals surface area contributed by atoms with E-state index in [-0.39, 0.29) is 0 Å². The molecular formula is C11H10N6. The molecule has 3 heterocycles. The van der Waals surface area contributed by atoms with Gasteiger partial charge in [0.1, 0.15) is 17.5 Å². The van der Waals surface area contributed by atoms with Crippen LogP contribution in [-0.4, -0.2) is 19.9 Å². The molecule has 0 saturated carbocycles. The average Bonchev–Trinajstić information content (AvgIpc) is 2.72. The van der Waals surface area contributed by atoms with E-state index in [0.29, 0.717) is 23.1 Å². The highest BCUT2D eigenvalue weighted by atomic mass is 15.0. The van der Waals surface area contributed by atoms with Crippen LogP contribution < -0.4 is 11.5 Å². The Morgan fingerprint density at radius 3 is 2.53 bits per heavy atom. The molecule has 5 N–H and O–H groups in total. The zero-order valence-corrected chi connectivity index (χ0v) is 8.88. The molecular weight excluding hydrogens is 216 g/mol. The third-order valence-electron chi connectivity index (χ3n) is 2.43. The number of nitrogens with one attached hydrogen (secondary N) is 1. The number of nitrogens with zero attached hydrogens (tertiary/aromatic N) is 3. The van der Waals surface area contributed by atoms with Crippen LogP contribution in [0.15, 0.2) is 30.5 Å². The molecule has 0 aliphatic rings. The molecule has 0 unspecified atom stereocenters. The van der Waals surface area contributed by atoms with Crippen LogP contribution in [-0.2, 0) is 0 Å². The molecule has 84 valence electrons. The van der Waals surface area contributed by atoms with Crippen LogP contribution in [0.5, 0.6) is 0 Å². The normalized spacial score (nSPS) is 10.8. The molecule has 3 aromatic rings. The van der Waals surface area contributed by atoms with Crippen molar-refractivity contribution in [3.63, 3.8) is 0 Å². The minimum atomic E-state index is 0.450. The number of aromatic nitrogens is 4. The van der Waals surface area contributed by atoms with Crippen LogP contribution >= 0.6 is 0 Å². The van der Waals surface area contributed by atoms with E-state index in [0.717, 1.165) is 11.1 Å². The van der Waals surface area contributed by atoms with Gasteiger partial charge in [-0.2, -0.15) is 0 Å². The fourth-order valence-electron chi connectivity index (χ4n) is 1.59. The number of H-pyrrole nitrogens is 1. The predicted octanol–water partition coefficient (Wildman–Crippen LogP) is 1.18. The second-order valence-electron chi connectivity index (χ2n) is 3.66. The van der Waals surface area contributed by atoms with Crippen molar-refractivity contribution in [2.45, 2.75) is 0 Å². The number of hydrogen-bond acceptors (Lipinski definition) is 5. The van der Waals surface area contributed by atoms with Gasteiger partial charge in [0, 0.05) is 11.8 Å². The van der Waals surface area contributed by atoms with E-state index in [2.05, 4.69) is 19.9 Å². The summed E-state index contributed by atoms with van der Waals surface area (Å²) in [6.45, 7) is 0. The first-order valence-corrected chi connectivity index (χ1v) is 5.06. The van der Waals surface area contributed by atoms with Crippen molar-refractivity contribution in [3.05, 3.63) is 30.5 Å². The van der Waals surface area contributed by atoms with Gasteiger partial charge in [-0.05, 0) is 24.3 Å². The monoisotopic (exact) mass is 226 g/mol. The second kappa shape index (κ2) is 3.44. The van der Waals surface area contributed by atoms with Gasteiger partial charge in [0.25, 0.3) is 0 Å². The highest BCUT2D eigenvalue weighted by molar-refractivity contribution is 5.77. The molecule has 0 bridgehead atoms. The van der Waals surface area contributed by atoms with Gasteiger partial charge < -0.3 is 16.5 Å². The van der Waals surface area contributed by atoms with Crippen LogP contribution in [0.3, 0.4) is 0 Å². The Morgan fingerprint density at radius 2 is 1.76 bits per heavy atom. The molecule has 0 fully saturated rings. The van der Waals surface area contributed by atoms with Crippen LogP contribution in [0.25, 0.3) is 22.6 Å². The molecule has 0 aliphatic carbocycles. The Labute approximate surface area is 96.7 Å². The van der Waals surface area contributed by atoms with E-state index in [9.17, 15) is 0 Å². The lowest BCUT2D eigenvalue weighted by Crippen LogP contribution is -1.89. The summed E-state index contributed by atoms with van der Waals surface area (Å²) in [6.07, 6.45) is 1.66. The van der Waals surface area contributed by atoms with Crippen LogP contribution in [0.2, 0.25) is 0 Å². The van der Waals surface area contributed by atoms with Crippen molar-refractivity contribution < 1.29 is 0 Å². The van der Waals surface area contributed by atoms with Crippen molar-refractivity contribution in [2.24, 2.45) is 0 Å². The molecule has 6 heteroatoms. The molecule has 0 amide bonds. The highest BCUT2D eigenvalue weighted by Gasteiger charge is 2.06. The molecule has 0 aromatic carbocycles. The van der Waals surface area contributed by atoms with E-state index < -0.39 is 0 Å². The average molecular weight is 226 g/mol. The fraction of sp³-hybridized carbons (Fsp3) is 0. The third-order valence-corrected chi connectivity index (χ3v) is 2.43. The number of aromatic amines is 1. The minimum absolute atomic E-state index is 0.450. The molecule has 0 saturated heterocycles. The Hall–Kier alpha value is -2.63. The van der Waals surface area contributed by atoms with Crippen molar-refractivity contribution in [2.75, 3.05) is 11.5 Å². The maximum absolute atomic E-state index is 5.60. The van der Waals surface area contributed by atoms with E-state index in [1.165, 1.54) is 0 Å². The zero-order valence-electron chi connectivity index (χ0n) is 8.88. The molecule has 0 aliphatic heterocycles. The number of fused-ring (bicyclic) bond motifs is 1. The van der Waals surface area contributed by atoms with Crippen LogP contribution in [0.1, 0.15) is 0 Å². The van der Waals surface area contributed by atoms with Crippen molar-refractivity contribution >= 4 is 22.8 Å². The van der Waals surface area contributed by atoms with Gasteiger partial charge in [0.2, 0.25) is 0 Å². The summed E-state index contributed by atoms with van der Waals surface area (Å²) in [4.78, 5) is 15.6. The van der Waals surface area contributed by atoms with Gasteiger partial charge in [-0.15, -0.1) is 0 Å². The standard InChI is InChI=1S/C11H10N6/c12-8-3-1-6(5-14-8)10-15-7-2-4-9(13)16-11(7)17-10/h1-5H,(H2,12,14)(H3,13,15,16,17). The summed E-state index contributed by atoms with van der Waals surface area (Å²) in [5.74, 6) is 1.63. The number of anilines is 2. The first-order chi connectivity index (χ1) is 8.22. The first kappa shape index (κ1) is 9.59. The number of nitrogens with two attached hydrogens (primary N) is 2. The minimum Gasteiger partial charge on any atom is -0.384 e. The van der Waals surface area contributed by atoms with E-state index in [1.54, 1.807) is 18.3 Å². The summed E-state index contributed by atoms with van der Waals surface area (Å²) in [7, 11) is 0. The Kier molecular flexibility index (Phi) is 1.94. The van der Waals surface area contributed by atoms with Gasteiger partial charge in [0.05, 0.1) is 5.52 Å². The SMILES string of the molecule is Nc1ccc(-c2nc3nc(N)ccc3[nH]2)cn1. The molecule has 3 rings (SSSR count). The second-order valence-corrected chi connectivity index (χ2v) is 3.66. The van der Waals surface area contributed by atoms with E-state index in [1.807, 2.05) is 12.1 Å². The predicted molar refractivity (Wildman–Crippen MR) is 65.9 cm³/mol. The quantitative estimate of drug-likeness (QED) is 0.577. The molecule has 0 spiro atoms. The number of nitrogen functional groups attached to an aromatic ring is 2. The van der Waals surface area contributed by atoms with Gasteiger partial charge >= 0.3 is 0 Å². The van der Waals surface area contributed by atoms with Gasteiger partial charge in [0.15, 0.2) is 5.65 Å². The summed E-state index contributed by atoms with van der Waals surface area (Å²) < 4.78 is 0. The fourth-order valence-corrected chi connectivity index (χ4v) is 1.59. The summed E-state index contributed by atoms with van der Waals surface area (Å²) in [5, 5.41) is 0. The van der Waals surface area contributed by atoms with Crippen LogP contribution in [0, 0.1) is 0 Å². The number of pyridine rings is 2. The Morgan fingerprint density at radius 1 is 0.941 bits per heavy atom. The highest BCUT2D eigenvalue weighted by Crippen LogP contribution is 2.19. The number of rotatable bonds is 1. The number of hydrogen-bond donors (Lipinski definition) is 3. The zero-order chi connectivity index (χ0) is 11.8. The van der Waals surface area contributed by atoms with Crippen molar-refractivity contribution in [3.8, 4) is 11.4 Å². The van der Waals surface area contributed by atoms with Crippen LogP contribution in [0.4, 0.5) is 11.6 Å². The Bertz CT molecular complexity index is 670. The molecule has 6 nitrogen and oxygen atoms in total. The molecule has 3 aromatic heterocycles. The lowest BCUT2D eigenvalue weighted by molar-refractivity contribution is 1.27. The van der Waals surface area contributed by atoms with E-state index in [4.69, 9.17) is 11.5 Å². The maximum Gasteiger partial charge on any atom is 0.180 e. The third kappa shape index (κ3) is 1.65. The topological polar surface area (TPSA) is 106 Å². The summed E-state index contributed by atoms with van der Waals surface area (Å²) in [6, 6.07) is 7.15. The molecule has 17 heavy (non-hydrogen) atoms. The van der Waals surface area contributed by atoms with Crippen molar-refractivity contribution in [1.82, 2.24) is 19.9 Å². The van der Waals surface area contributed by atoms with Gasteiger partial charge in [-0.1, -0.05) is 0 Å². The maximum atomic E-state index is 5.60. The lowest BCUT2D eigenvalue weighted by atomic mass is 10.3. The first-order valence-electron chi connectivity index (χ1n) is 5.06. The Balaban J connectivity index is 2.14. The smallest absolute Gasteiger partial charge is 0.180 e. The lowest BCUT2D eigenvalue weighted by Gasteiger charge is -1.95. The van der Waals surface area contributed by atoms with E-state index >= 15 is 0 Å². The molecule has 0 radical (unpaired) electrons. The van der Waals surface area contributed by atoms with Gasteiger partial charge in [-0.3, -0.25) is 0 Å². The summed E-state index contributed by atoms with van der Waals surface area (Å²) >= 11 is 0. The molecule has 0 atom stereocenters. The number of imidazole rings is 1. The van der Waals surface area contributed by atoms with Gasteiger partial charge in [-0.25, -0.2) is 15.0 Å². The van der Waals surface area contributed by atoms with Crippen molar-refractivity contribution in [1.29, 1.82) is 0 Å². The largest absolute Gasteiger partial charge is 0.384 e. The summed E-state index contributed by atoms with van der Waals surface area (Å²) in [5.41, 5.74) is 13.4.